The third-order valence-corrected chi connectivity index (χ3v) is 4.72. The Morgan fingerprint density at radius 2 is 1.45 bits per heavy atom. The van der Waals surface area contributed by atoms with Crippen molar-refractivity contribution in [3.05, 3.63) is 108 Å². The van der Waals surface area contributed by atoms with Gasteiger partial charge in [-0.15, -0.1) is 5.10 Å². The zero-order valence-electron chi connectivity index (χ0n) is 16.3. The van der Waals surface area contributed by atoms with Crippen LogP contribution in [-0.2, 0) is 6.54 Å². The van der Waals surface area contributed by atoms with Crippen molar-refractivity contribution in [2.45, 2.75) is 19.5 Å². The predicted molar refractivity (Wildman–Crippen MR) is 117 cm³/mol. The van der Waals surface area contributed by atoms with Crippen LogP contribution >= 0.6 is 0 Å². The Morgan fingerprint density at radius 3 is 2.14 bits per heavy atom. The molecule has 5 nitrogen and oxygen atoms in total. The highest BCUT2D eigenvalue weighted by Crippen LogP contribution is 2.26. The van der Waals surface area contributed by atoms with Crippen molar-refractivity contribution in [1.29, 1.82) is 0 Å². The second-order valence-electron chi connectivity index (χ2n) is 6.82. The summed E-state index contributed by atoms with van der Waals surface area (Å²) in [5.74, 6) is 1.26. The van der Waals surface area contributed by atoms with Crippen molar-refractivity contribution in [3.63, 3.8) is 0 Å². The summed E-state index contributed by atoms with van der Waals surface area (Å²) in [5.41, 5.74) is 3.42. The maximum absolute atomic E-state index is 4.75. The number of nitrogens with one attached hydrogen (secondary N) is 1. The Labute approximate surface area is 171 Å². The first kappa shape index (κ1) is 18.6. The van der Waals surface area contributed by atoms with Crippen molar-refractivity contribution >= 4 is 17.5 Å². The topological polar surface area (TPSA) is 53.9 Å². The van der Waals surface area contributed by atoms with Gasteiger partial charge in [-0.1, -0.05) is 78.9 Å². The number of para-hydroxylation sites is 1. The molecule has 0 aliphatic heterocycles. The van der Waals surface area contributed by atoms with Gasteiger partial charge in [0.15, 0.2) is 5.82 Å². The van der Waals surface area contributed by atoms with Crippen LogP contribution in [0, 0.1) is 0 Å². The number of benzene rings is 3. The Balaban J connectivity index is 1.62. The van der Waals surface area contributed by atoms with Gasteiger partial charge in [-0.3, -0.25) is 0 Å². The Hall–Kier alpha value is -3.73. The van der Waals surface area contributed by atoms with Crippen LogP contribution in [0.4, 0.5) is 17.5 Å². The highest BCUT2D eigenvalue weighted by molar-refractivity contribution is 5.60. The van der Waals surface area contributed by atoms with Crippen LogP contribution in [0.3, 0.4) is 0 Å². The van der Waals surface area contributed by atoms with Crippen LogP contribution in [0.5, 0.6) is 0 Å². The highest BCUT2D eigenvalue weighted by Gasteiger charge is 2.14. The van der Waals surface area contributed by atoms with Crippen molar-refractivity contribution in [2.24, 2.45) is 0 Å². The molecular weight excluding hydrogens is 358 g/mol. The van der Waals surface area contributed by atoms with Crippen LogP contribution in [0.1, 0.15) is 24.1 Å². The van der Waals surface area contributed by atoms with E-state index in [-0.39, 0.29) is 6.04 Å². The van der Waals surface area contributed by atoms with Gasteiger partial charge in [-0.2, -0.15) is 10.1 Å². The molecule has 5 heteroatoms. The fraction of sp³-hybridized carbons (Fsp3) is 0.125. The van der Waals surface area contributed by atoms with Crippen molar-refractivity contribution in [2.75, 3.05) is 10.2 Å². The van der Waals surface area contributed by atoms with Crippen molar-refractivity contribution in [3.8, 4) is 0 Å². The molecule has 1 atom stereocenters. The molecule has 1 heterocycles. The van der Waals surface area contributed by atoms with E-state index in [1.807, 2.05) is 54.6 Å². The fourth-order valence-electron chi connectivity index (χ4n) is 3.18. The minimum atomic E-state index is 0.0764. The Bertz CT molecular complexity index is 1020. The first-order chi connectivity index (χ1) is 14.3. The number of hydrogen-bond donors (Lipinski definition) is 1. The average Bonchev–Trinajstić information content (AvgIpc) is 2.79. The maximum Gasteiger partial charge on any atom is 0.245 e. The van der Waals surface area contributed by atoms with Crippen LogP contribution in [0.15, 0.2) is 97.2 Å². The van der Waals surface area contributed by atoms with E-state index in [2.05, 4.69) is 63.7 Å². The molecule has 0 amide bonds. The van der Waals surface area contributed by atoms with Crippen LogP contribution in [-0.4, -0.2) is 15.2 Å². The summed E-state index contributed by atoms with van der Waals surface area (Å²) in [6, 6.07) is 30.9. The molecule has 4 aromatic rings. The van der Waals surface area contributed by atoms with Gasteiger partial charge in [0.25, 0.3) is 0 Å². The lowest BCUT2D eigenvalue weighted by molar-refractivity contribution is 0.829. The quantitative estimate of drug-likeness (QED) is 0.466. The average molecular weight is 381 g/mol. The van der Waals surface area contributed by atoms with Gasteiger partial charge in [0.2, 0.25) is 5.95 Å². The molecule has 0 spiro atoms. The zero-order valence-corrected chi connectivity index (χ0v) is 16.3. The Morgan fingerprint density at radius 1 is 0.828 bits per heavy atom. The monoisotopic (exact) mass is 381 g/mol. The summed E-state index contributed by atoms with van der Waals surface area (Å²) < 4.78 is 0. The van der Waals surface area contributed by atoms with Crippen molar-refractivity contribution < 1.29 is 0 Å². The fourth-order valence-corrected chi connectivity index (χ4v) is 3.18. The molecular formula is C24H23N5. The lowest BCUT2D eigenvalue weighted by Crippen LogP contribution is -2.19. The lowest BCUT2D eigenvalue weighted by atomic mass is 10.1. The van der Waals surface area contributed by atoms with E-state index in [4.69, 9.17) is 4.98 Å². The molecule has 0 radical (unpaired) electrons. The normalized spacial score (nSPS) is 11.6. The molecule has 0 saturated heterocycles. The summed E-state index contributed by atoms with van der Waals surface area (Å²) in [5, 5.41) is 11.7. The third kappa shape index (κ3) is 4.76. The molecule has 0 fully saturated rings. The van der Waals surface area contributed by atoms with Crippen LogP contribution in [0.25, 0.3) is 0 Å². The summed E-state index contributed by atoms with van der Waals surface area (Å²) in [6.45, 7) is 2.78. The summed E-state index contributed by atoms with van der Waals surface area (Å²) in [7, 11) is 0. The largest absolute Gasteiger partial charge is 0.346 e. The second kappa shape index (κ2) is 8.97. The number of rotatable bonds is 7. The van der Waals surface area contributed by atoms with E-state index in [0.717, 1.165) is 11.5 Å². The molecule has 1 aromatic heterocycles. The molecule has 144 valence electrons. The van der Waals surface area contributed by atoms with E-state index < -0.39 is 0 Å². The number of aromatic nitrogens is 3. The van der Waals surface area contributed by atoms with Crippen LogP contribution in [0.2, 0.25) is 0 Å². The third-order valence-electron chi connectivity index (χ3n) is 4.72. The SMILES string of the molecule is CC(Nc1nncc(N(Cc2ccccc2)c2ccccc2)n1)c1ccccc1. The van der Waals surface area contributed by atoms with E-state index >= 15 is 0 Å². The molecule has 1 unspecified atom stereocenters. The predicted octanol–water partition coefficient (Wildman–Crippen LogP) is 5.38. The number of nitrogens with zero attached hydrogens (tertiary/aromatic N) is 4. The number of anilines is 3. The van der Waals surface area contributed by atoms with E-state index in [9.17, 15) is 0 Å². The highest BCUT2D eigenvalue weighted by atomic mass is 15.3. The number of hydrogen-bond acceptors (Lipinski definition) is 5. The van der Waals surface area contributed by atoms with Gasteiger partial charge < -0.3 is 10.2 Å². The van der Waals surface area contributed by atoms with Crippen molar-refractivity contribution in [1.82, 2.24) is 15.2 Å². The summed E-state index contributed by atoms with van der Waals surface area (Å²) in [4.78, 5) is 6.89. The molecule has 3 aromatic carbocycles. The molecule has 0 saturated carbocycles. The van der Waals surface area contributed by atoms with E-state index in [1.165, 1.54) is 11.1 Å². The second-order valence-corrected chi connectivity index (χ2v) is 6.82. The molecule has 0 aliphatic rings. The van der Waals surface area contributed by atoms with Gasteiger partial charge in [0, 0.05) is 12.2 Å². The minimum Gasteiger partial charge on any atom is -0.346 e. The summed E-state index contributed by atoms with van der Waals surface area (Å²) >= 11 is 0. The molecule has 1 N–H and O–H groups in total. The lowest BCUT2D eigenvalue weighted by Gasteiger charge is -2.24. The van der Waals surface area contributed by atoms with E-state index in [0.29, 0.717) is 12.5 Å². The maximum atomic E-state index is 4.75. The first-order valence-corrected chi connectivity index (χ1v) is 9.67. The summed E-state index contributed by atoms with van der Waals surface area (Å²) in [6.07, 6.45) is 1.70. The zero-order chi connectivity index (χ0) is 19.9. The van der Waals surface area contributed by atoms with Crippen LogP contribution < -0.4 is 10.2 Å². The molecule has 4 rings (SSSR count). The van der Waals surface area contributed by atoms with E-state index in [1.54, 1.807) is 6.20 Å². The minimum absolute atomic E-state index is 0.0764. The van der Waals surface area contributed by atoms with Gasteiger partial charge >= 0.3 is 0 Å². The smallest absolute Gasteiger partial charge is 0.245 e. The Kier molecular flexibility index (Phi) is 5.76. The van der Waals surface area contributed by atoms with Gasteiger partial charge in [0.1, 0.15) is 0 Å². The van der Waals surface area contributed by atoms with Gasteiger partial charge in [0.05, 0.1) is 12.2 Å². The molecule has 0 aliphatic carbocycles. The first-order valence-electron chi connectivity index (χ1n) is 9.67. The van der Waals surface area contributed by atoms with Gasteiger partial charge in [-0.25, -0.2) is 0 Å². The standard InChI is InChI=1S/C24H23N5/c1-19(21-13-7-3-8-14-21)26-24-27-23(17-25-28-24)29(22-15-9-4-10-16-22)18-20-11-5-2-6-12-20/h2-17,19H,18H2,1H3,(H,26,27,28). The van der Waals surface area contributed by atoms with Gasteiger partial charge in [-0.05, 0) is 30.2 Å². The molecule has 0 bridgehead atoms. The molecule has 29 heavy (non-hydrogen) atoms.